The first kappa shape index (κ1) is 13.8. The fourth-order valence-electron chi connectivity index (χ4n) is 1.83. The summed E-state index contributed by atoms with van der Waals surface area (Å²) in [5.74, 6) is 0. The highest BCUT2D eigenvalue weighted by Gasteiger charge is 2.37. The number of hydrogen-bond donors (Lipinski definition) is 1. The first-order chi connectivity index (χ1) is 6.31. The summed E-state index contributed by atoms with van der Waals surface area (Å²) in [6.07, 6.45) is 1.54. The molecule has 0 heterocycles. The Hall–Kier alpha value is -0.153. The summed E-state index contributed by atoms with van der Waals surface area (Å²) < 4.78 is 0. The summed E-state index contributed by atoms with van der Waals surface area (Å²) in [6, 6.07) is 0. The van der Waals surface area contributed by atoms with Gasteiger partial charge in [0, 0.05) is 11.9 Å². The fourth-order valence-corrected chi connectivity index (χ4v) is 4.21. The largest absolute Gasteiger partial charge is 0.384 e. The Balaban J connectivity index is 5.11. The van der Waals surface area contributed by atoms with Gasteiger partial charge in [0.25, 0.3) is 0 Å². The molecule has 0 unspecified atom stereocenters. The predicted molar refractivity (Wildman–Crippen MR) is 66.9 cm³/mol. The molecule has 0 aliphatic carbocycles. The molecule has 0 spiro atoms. The molecule has 14 heavy (non-hydrogen) atoms. The van der Waals surface area contributed by atoms with E-state index in [1.807, 2.05) is 20.8 Å². The molecule has 0 aromatic rings. The zero-order valence-corrected chi connectivity index (χ0v) is 11.5. The third kappa shape index (κ3) is 3.21. The van der Waals surface area contributed by atoms with Crippen LogP contribution >= 0.6 is 0 Å². The second-order valence-corrected chi connectivity index (χ2v) is 9.79. The van der Waals surface area contributed by atoms with E-state index < -0.39 is 13.7 Å². The van der Waals surface area contributed by atoms with Crippen molar-refractivity contribution >= 4 is 13.4 Å². The van der Waals surface area contributed by atoms with Gasteiger partial charge in [-0.15, -0.1) is 0 Å². The molecule has 0 bridgehead atoms. The van der Waals surface area contributed by atoms with Crippen LogP contribution in [0.4, 0.5) is 0 Å². The van der Waals surface area contributed by atoms with E-state index in [0.717, 1.165) is 24.7 Å². The summed E-state index contributed by atoms with van der Waals surface area (Å²) in [5.41, 5.74) is -0.652. The van der Waals surface area contributed by atoms with Crippen LogP contribution in [0.15, 0.2) is 4.99 Å². The van der Waals surface area contributed by atoms with Gasteiger partial charge >= 0.3 is 0 Å². The van der Waals surface area contributed by atoms with Crippen molar-refractivity contribution in [2.24, 2.45) is 4.99 Å². The van der Waals surface area contributed by atoms with E-state index in [1.54, 1.807) is 0 Å². The quantitative estimate of drug-likeness (QED) is 0.555. The molecule has 0 aliphatic rings. The molecule has 0 rings (SSSR count). The standard InChI is InChI=1S/C11H25NOSi/c1-7-11(13,8-2)10(12-9-3)14(4,5)6/h13H,7-9H2,1-6H3. The van der Waals surface area contributed by atoms with Crippen molar-refractivity contribution in [3.05, 3.63) is 0 Å². The van der Waals surface area contributed by atoms with Crippen LogP contribution in [0.3, 0.4) is 0 Å². The summed E-state index contributed by atoms with van der Waals surface area (Å²) in [4.78, 5) is 4.54. The van der Waals surface area contributed by atoms with E-state index >= 15 is 0 Å². The summed E-state index contributed by atoms with van der Waals surface area (Å²) in [7, 11) is -1.48. The molecule has 1 N–H and O–H groups in total. The van der Waals surface area contributed by atoms with Crippen molar-refractivity contribution in [3.8, 4) is 0 Å². The molecule has 0 saturated carbocycles. The Bertz CT molecular complexity index is 202. The van der Waals surface area contributed by atoms with Crippen LogP contribution in [0.1, 0.15) is 33.6 Å². The zero-order chi connectivity index (χ0) is 11.4. The number of aliphatic hydroxyl groups is 1. The third-order valence-corrected chi connectivity index (χ3v) is 4.68. The van der Waals surface area contributed by atoms with E-state index in [0.29, 0.717) is 0 Å². The Kier molecular flexibility index (Phi) is 5.02. The van der Waals surface area contributed by atoms with Gasteiger partial charge in [-0.2, -0.15) is 0 Å². The topological polar surface area (TPSA) is 32.6 Å². The van der Waals surface area contributed by atoms with Gasteiger partial charge in [0.05, 0.1) is 13.7 Å². The minimum atomic E-state index is -1.48. The smallest absolute Gasteiger partial charge is 0.0991 e. The number of rotatable bonds is 5. The first-order valence-corrected chi connectivity index (χ1v) is 9.09. The van der Waals surface area contributed by atoms with Crippen molar-refractivity contribution in [1.29, 1.82) is 0 Å². The molecule has 2 nitrogen and oxygen atoms in total. The molecule has 0 aliphatic heterocycles. The highest BCUT2D eigenvalue weighted by atomic mass is 28.3. The van der Waals surface area contributed by atoms with E-state index in [2.05, 4.69) is 24.6 Å². The lowest BCUT2D eigenvalue weighted by atomic mass is 9.99. The number of hydrogen-bond acceptors (Lipinski definition) is 2. The molecule has 0 saturated heterocycles. The van der Waals surface area contributed by atoms with Crippen molar-refractivity contribution in [1.82, 2.24) is 0 Å². The van der Waals surface area contributed by atoms with Crippen LogP contribution < -0.4 is 0 Å². The Morgan fingerprint density at radius 3 is 1.79 bits per heavy atom. The van der Waals surface area contributed by atoms with Crippen molar-refractivity contribution in [2.75, 3.05) is 6.54 Å². The van der Waals surface area contributed by atoms with Gasteiger partial charge in [0.15, 0.2) is 0 Å². The molecular weight excluding hydrogens is 190 g/mol. The van der Waals surface area contributed by atoms with E-state index in [4.69, 9.17) is 0 Å². The summed E-state index contributed by atoms with van der Waals surface area (Å²) >= 11 is 0. The second kappa shape index (κ2) is 5.08. The van der Waals surface area contributed by atoms with Gasteiger partial charge in [-0.3, -0.25) is 4.99 Å². The minimum Gasteiger partial charge on any atom is -0.384 e. The monoisotopic (exact) mass is 215 g/mol. The minimum absolute atomic E-state index is 0.652. The van der Waals surface area contributed by atoms with Crippen LogP contribution in [0.2, 0.25) is 19.6 Å². The lowest BCUT2D eigenvalue weighted by Gasteiger charge is -2.34. The molecule has 3 heteroatoms. The molecule has 0 atom stereocenters. The molecule has 0 amide bonds. The maximum atomic E-state index is 10.5. The molecule has 0 fully saturated rings. The van der Waals surface area contributed by atoms with Gasteiger partial charge in [-0.1, -0.05) is 33.5 Å². The van der Waals surface area contributed by atoms with E-state index in [1.165, 1.54) is 0 Å². The maximum absolute atomic E-state index is 10.5. The lowest BCUT2D eigenvalue weighted by molar-refractivity contribution is 0.106. The third-order valence-electron chi connectivity index (χ3n) is 2.64. The van der Waals surface area contributed by atoms with Crippen molar-refractivity contribution < 1.29 is 5.11 Å². The predicted octanol–water partition coefficient (Wildman–Crippen LogP) is 2.88. The van der Waals surface area contributed by atoms with Crippen molar-refractivity contribution in [2.45, 2.75) is 58.9 Å². The highest BCUT2D eigenvalue weighted by Crippen LogP contribution is 2.23. The molecule has 0 aromatic heterocycles. The first-order valence-electron chi connectivity index (χ1n) is 5.59. The maximum Gasteiger partial charge on any atom is 0.0991 e. The normalized spacial score (nSPS) is 14.6. The SMILES string of the molecule is CCN=C(C(O)(CC)CC)[Si](C)(C)C. The average Bonchev–Trinajstić information content (AvgIpc) is 2.11. The van der Waals surface area contributed by atoms with Gasteiger partial charge < -0.3 is 5.11 Å². The summed E-state index contributed by atoms with van der Waals surface area (Å²) in [5, 5.41) is 11.5. The van der Waals surface area contributed by atoms with Crippen LogP contribution in [-0.2, 0) is 0 Å². The lowest BCUT2D eigenvalue weighted by Crippen LogP contribution is -2.51. The van der Waals surface area contributed by atoms with Crippen LogP contribution in [0, 0.1) is 0 Å². The van der Waals surface area contributed by atoms with Gasteiger partial charge in [-0.05, 0) is 19.8 Å². The molecule has 0 aromatic carbocycles. The average molecular weight is 215 g/mol. The Morgan fingerprint density at radius 1 is 1.14 bits per heavy atom. The fraction of sp³-hybridized carbons (Fsp3) is 0.909. The number of aliphatic imine (C=N–C) groups is 1. The summed E-state index contributed by atoms with van der Waals surface area (Å²) in [6.45, 7) is 13.6. The van der Waals surface area contributed by atoms with Crippen LogP contribution in [0.25, 0.3) is 0 Å². The van der Waals surface area contributed by atoms with Gasteiger partial charge in [0.1, 0.15) is 0 Å². The van der Waals surface area contributed by atoms with E-state index in [-0.39, 0.29) is 0 Å². The van der Waals surface area contributed by atoms with Crippen LogP contribution in [-0.4, -0.2) is 30.7 Å². The van der Waals surface area contributed by atoms with Crippen molar-refractivity contribution in [3.63, 3.8) is 0 Å². The molecular formula is C11H25NOSi. The molecule has 0 radical (unpaired) electrons. The second-order valence-electron chi connectivity index (χ2n) is 4.81. The van der Waals surface area contributed by atoms with E-state index in [9.17, 15) is 5.11 Å². The molecule has 84 valence electrons. The highest BCUT2D eigenvalue weighted by molar-refractivity contribution is 7.05. The number of nitrogens with zero attached hydrogens (tertiary/aromatic N) is 1. The zero-order valence-electron chi connectivity index (χ0n) is 10.5. The van der Waals surface area contributed by atoms with Crippen LogP contribution in [0.5, 0.6) is 0 Å². The van der Waals surface area contributed by atoms with Gasteiger partial charge in [-0.25, -0.2) is 0 Å². The Morgan fingerprint density at radius 2 is 1.57 bits per heavy atom. The van der Waals surface area contributed by atoms with Gasteiger partial charge in [0.2, 0.25) is 0 Å². The Labute approximate surface area is 89.5 Å².